The summed E-state index contributed by atoms with van der Waals surface area (Å²) in [5.41, 5.74) is 15.2. The molecule has 0 aliphatic rings. The number of fused-ring (bicyclic) bond motifs is 7. The largest absolute Gasteiger partial charge is 0.310 e. The molecule has 1 heterocycles. The van der Waals surface area contributed by atoms with Crippen molar-refractivity contribution in [2.75, 3.05) is 4.90 Å². The van der Waals surface area contributed by atoms with Crippen molar-refractivity contribution in [3.05, 3.63) is 261 Å². The Balaban J connectivity index is 0.956. The minimum atomic E-state index is 1.08. The fourth-order valence-electron chi connectivity index (χ4n) is 10.3. The first-order valence-corrected chi connectivity index (χ1v) is 24.1. The second kappa shape index (κ2) is 16.7. The Morgan fingerprint density at radius 2 is 0.750 bits per heavy atom. The van der Waals surface area contributed by atoms with Gasteiger partial charge in [0.1, 0.15) is 0 Å². The summed E-state index contributed by atoms with van der Waals surface area (Å²) in [5.74, 6) is 0. The maximum atomic E-state index is 2.45. The zero-order chi connectivity index (χ0) is 45.0. The van der Waals surface area contributed by atoms with E-state index in [1.54, 1.807) is 0 Å². The van der Waals surface area contributed by atoms with Gasteiger partial charge in [-0.2, -0.15) is 0 Å². The summed E-state index contributed by atoms with van der Waals surface area (Å²) in [4.78, 5) is 2.45. The van der Waals surface area contributed by atoms with Gasteiger partial charge >= 0.3 is 0 Å². The van der Waals surface area contributed by atoms with E-state index >= 15 is 0 Å². The van der Waals surface area contributed by atoms with Gasteiger partial charge in [0.05, 0.1) is 5.69 Å². The fourth-order valence-corrected chi connectivity index (χ4v) is 11.4. The zero-order valence-electron chi connectivity index (χ0n) is 37.2. The molecular formula is C66H43NS. The zero-order valence-corrected chi connectivity index (χ0v) is 38.0. The number of hydrogen-bond acceptors (Lipinski definition) is 2. The Labute approximate surface area is 400 Å². The molecule has 13 aromatic rings. The second-order valence-corrected chi connectivity index (χ2v) is 18.7. The van der Waals surface area contributed by atoms with E-state index in [1.807, 2.05) is 11.3 Å². The summed E-state index contributed by atoms with van der Waals surface area (Å²) in [6.07, 6.45) is 0. The van der Waals surface area contributed by atoms with Crippen LogP contribution in [0.2, 0.25) is 0 Å². The van der Waals surface area contributed by atoms with Crippen molar-refractivity contribution >= 4 is 80.9 Å². The van der Waals surface area contributed by atoms with Crippen LogP contribution in [0.3, 0.4) is 0 Å². The van der Waals surface area contributed by atoms with E-state index < -0.39 is 0 Å². The molecule has 1 nitrogen and oxygen atoms in total. The van der Waals surface area contributed by atoms with E-state index in [2.05, 4.69) is 266 Å². The quantitative estimate of drug-likeness (QED) is 0.137. The second-order valence-electron chi connectivity index (χ2n) is 17.6. The smallest absolute Gasteiger partial charge is 0.0546 e. The molecule has 13 rings (SSSR count). The minimum absolute atomic E-state index is 1.08. The van der Waals surface area contributed by atoms with Crippen molar-refractivity contribution in [1.82, 2.24) is 0 Å². The SMILES string of the molecule is c1ccc(-c2ccc(-c3cc4ccccc4c4ccccc34)cc2N(c2ccc(-c3ccc(-c4cccc5ccccc45)cc3)cc2)c2ccc(-c3ccc4sc5ccccc5c4c3)cc2)cc1. The van der Waals surface area contributed by atoms with Crippen LogP contribution >= 0.6 is 11.3 Å². The highest BCUT2D eigenvalue weighted by atomic mass is 32.1. The molecule has 0 saturated heterocycles. The topological polar surface area (TPSA) is 3.24 Å². The van der Waals surface area contributed by atoms with Gasteiger partial charge in [0.2, 0.25) is 0 Å². The summed E-state index contributed by atoms with van der Waals surface area (Å²) in [6, 6.07) is 95.9. The maximum absolute atomic E-state index is 2.45. The number of benzene rings is 12. The van der Waals surface area contributed by atoms with Gasteiger partial charge in [0.25, 0.3) is 0 Å². The monoisotopic (exact) mass is 881 g/mol. The molecule has 0 atom stereocenters. The third kappa shape index (κ3) is 7.02. The van der Waals surface area contributed by atoms with Crippen molar-refractivity contribution in [2.24, 2.45) is 0 Å². The van der Waals surface area contributed by atoms with Gasteiger partial charge in [0.15, 0.2) is 0 Å². The van der Waals surface area contributed by atoms with Crippen LogP contribution in [0.25, 0.3) is 108 Å². The van der Waals surface area contributed by atoms with Crippen molar-refractivity contribution in [2.45, 2.75) is 0 Å². The Morgan fingerprint density at radius 3 is 1.50 bits per heavy atom. The van der Waals surface area contributed by atoms with Crippen LogP contribution in [0.4, 0.5) is 17.1 Å². The van der Waals surface area contributed by atoms with E-state index in [0.29, 0.717) is 0 Å². The molecule has 0 bridgehead atoms. The highest BCUT2D eigenvalue weighted by molar-refractivity contribution is 7.25. The summed E-state index contributed by atoms with van der Waals surface area (Å²) in [7, 11) is 0. The molecule has 68 heavy (non-hydrogen) atoms. The first kappa shape index (κ1) is 39.8. The van der Waals surface area contributed by atoms with Gasteiger partial charge in [-0.3, -0.25) is 0 Å². The molecular weight excluding hydrogens is 839 g/mol. The first-order chi connectivity index (χ1) is 33.7. The summed E-state index contributed by atoms with van der Waals surface area (Å²) < 4.78 is 2.64. The van der Waals surface area contributed by atoms with Crippen LogP contribution in [0.15, 0.2) is 261 Å². The van der Waals surface area contributed by atoms with E-state index in [9.17, 15) is 0 Å². The van der Waals surface area contributed by atoms with Crippen molar-refractivity contribution in [3.63, 3.8) is 0 Å². The van der Waals surface area contributed by atoms with Crippen LogP contribution in [-0.2, 0) is 0 Å². The summed E-state index contributed by atoms with van der Waals surface area (Å²) >= 11 is 1.86. The van der Waals surface area contributed by atoms with Crippen molar-refractivity contribution in [3.8, 4) is 55.6 Å². The van der Waals surface area contributed by atoms with Gasteiger partial charge in [-0.05, 0) is 137 Å². The molecule has 1 aromatic heterocycles. The Morgan fingerprint density at radius 1 is 0.235 bits per heavy atom. The highest BCUT2D eigenvalue weighted by Crippen LogP contribution is 2.46. The van der Waals surface area contributed by atoms with Gasteiger partial charge in [-0.25, -0.2) is 0 Å². The normalized spacial score (nSPS) is 11.5. The van der Waals surface area contributed by atoms with Gasteiger partial charge in [-0.1, -0.05) is 206 Å². The van der Waals surface area contributed by atoms with E-state index in [1.165, 1.54) is 103 Å². The molecule has 0 radical (unpaired) electrons. The number of rotatable bonds is 8. The van der Waals surface area contributed by atoms with E-state index in [4.69, 9.17) is 0 Å². The molecule has 0 spiro atoms. The van der Waals surface area contributed by atoms with Gasteiger partial charge in [0, 0.05) is 37.1 Å². The van der Waals surface area contributed by atoms with Crippen LogP contribution in [0, 0.1) is 0 Å². The number of nitrogens with zero attached hydrogens (tertiary/aromatic N) is 1. The first-order valence-electron chi connectivity index (χ1n) is 23.3. The number of thiophene rings is 1. The molecule has 0 amide bonds. The molecule has 318 valence electrons. The number of hydrogen-bond donors (Lipinski definition) is 0. The Bertz CT molecular complexity index is 3990. The van der Waals surface area contributed by atoms with Crippen molar-refractivity contribution < 1.29 is 0 Å². The Kier molecular flexibility index (Phi) is 9.77. The molecule has 0 unspecified atom stereocenters. The van der Waals surface area contributed by atoms with Crippen molar-refractivity contribution in [1.29, 1.82) is 0 Å². The fraction of sp³-hybridized carbons (Fsp3) is 0. The predicted octanol–water partition coefficient (Wildman–Crippen LogP) is 19.3. The minimum Gasteiger partial charge on any atom is -0.310 e. The van der Waals surface area contributed by atoms with Crippen LogP contribution in [0.5, 0.6) is 0 Å². The standard InChI is InChI=1S/C66H43NS/c1-2-13-48(14-3-1)58-39-33-52(62-42-51-16-5-7-19-57(51)59-20-8-9-21-60(59)62)43-64(58)67(54-37-31-46(32-38-54)50-34-40-66-63(41-50)61-22-10-11-24-65(61)68-66)53-35-29-45(30-36-53)44-25-27-49(28-26-44)56-23-12-17-47-15-4-6-18-55(47)56/h1-43H. The maximum Gasteiger partial charge on any atom is 0.0546 e. The molecule has 0 aliphatic carbocycles. The summed E-state index contributed by atoms with van der Waals surface area (Å²) in [6.45, 7) is 0. The molecule has 12 aromatic carbocycles. The Hall–Kier alpha value is -8.56. The van der Waals surface area contributed by atoms with Crippen LogP contribution in [0.1, 0.15) is 0 Å². The highest BCUT2D eigenvalue weighted by Gasteiger charge is 2.21. The van der Waals surface area contributed by atoms with E-state index in [0.717, 1.165) is 22.6 Å². The van der Waals surface area contributed by atoms with E-state index in [-0.39, 0.29) is 0 Å². The third-order valence-corrected chi connectivity index (χ3v) is 14.8. The average Bonchev–Trinajstić information content (AvgIpc) is 3.79. The van der Waals surface area contributed by atoms with Crippen LogP contribution < -0.4 is 4.90 Å². The molecule has 0 N–H and O–H groups in total. The molecule has 0 fully saturated rings. The van der Waals surface area contributed by atoms with Gasteiger partial charge in [-0.15, -0.1) is 11.3 Å². The summed E-state index contributed by atoms with van der Waals surface area (Å²) in [5, 5.41) is 10.1. The number of anilines is 3. The lowest BCUT2D eigenvalue weighted by Crippen LogP contribution is -2.11. The predicted molar refractivity (Wildman–Crippen MR) is 294 cm³/mol. The lowest BCUT2D eigenvalue weighted by Gasteiger charge is -2.29. The molecule has 0 saturated carbocycles. The lowest BCUT2D eigenvalue weighted by atomic mass is 9.91. The third-order valence-electron chi connectivity index (χ3n) is 13.7. The average molecular weight is 882 g/mol. The lowest BCUT2D eigenvalue weighted by molar-refractivity contribution is 1.28. The van der Waals surface area contributed by atoms with Gasteiger partial charge < -0.3 is 4.90 Å². The molecule has 0 aliphatic heterocycles. The van der Waals surface area contributed by atoms with Crippen LogP contribution in [-0.4, -0.2) is 0 Å². The molecule has 2 heteroatoms.